The maximum atomic E-state index is 13.0. The SMILES string of the molecule is C=C1NC(=O)NC(c2ccc(N(CC)CC)cc2)C1C(=O)OC1CCCCC1. The van der Waals surface area contributed by atoms with Gasteiger partial charge in [0.1, 0.15) is 12.0 Å². The second kappa shape index (κ2) is 9.13. The third-order valence-corrected chi connectivity index (χ3v) is 5.74. The molecule has 2 unspecified atom stereocenters. The third-order valence-electron chi connectivity index (χ3n) is 5.74. The van der Waals surface area contributed by atoms with Crippen LogP contribution < -0.4 is 15.5 Å². The van der Waals surface area contributed by atoms with Crippen LogP contribution in [0.4, 0.5) is 10.5 Å². The first-order chi connectivity index (χ1) is 13.5. The van der Waals surface area contributed by atoms with Crippen molar-refractivity contribution in [2.75, 3.05) is 18.0 Å². The van der Waals surface area contributed by atoms with Gasteiger partial charge in [0.2, 0.25) is 0 Å². The number of urea groups is 1. The summed E-state index contributed by atoms with van der Waals surface area (Å²) in [5.41, 5.74) is 2.38. The summed E-state index contributed by atoms with van der Waals surface area (Å²) >= 11 is 0. The fourth-order valence-electron chi connectivity index (χ4n) is 4.14. The van der Waals surface area contributed by atoms with E-state index in [4.69, 9.17) is 4.74 Å². The normalized spacial score (nSPS) is 22.9. The number of benzene rings is 1. The van der Waals surface area contributed by atoms with Crippen molar-refractivity contribution in [3.8, 4) is 0 Å². The van der Waals surface area contributed by atoms with E-state index in [1.807, 2.05) is 24.3 Å². The van der Waals surface area contributed by atoms with Gasteiger partial charge in [-0.25, -0.2) is 4.79 Å². The molecule has 0 aromatic heterocycles. The highest BCUT2D eigenvalue weighted by Gasteiger charge is 2.39. The van der Waals surface area contributed by atoms with Gasteiger partial charge in [0.15, 0.2) is 0 Å². The first-order valence-electron chi connectivity index (χ1n) is 10.3. The summed E-state index contributed by atoms with van der Waals surface area (Å²) in [6.07, 6.45) is 5.17. The lowest BCUT2D eigenvalue weighted by Crippen LogP contribution is -2.51. The number of ether oxygens (including phenoxy) is 1. The summed E-state index contributed by atoms with van der Waals surface area (Å²) in [5, 5.41) is 5.52. The van der Waals surface area contributed by atoms with Crippen molar-refractivity contribution in [3.63, 3.8) is 0 Å². The Labute approximate surface area is 167 Å². The van der Waals surface area contributed by atoms with Crippen LogP contribution in [0.25, 0.3) is 0 Å². The molecule has 152 valence electrons. The molecule has 2 amide bonds. The van der Waals surface area contributed by atoms with Gasteiger partial charge in [-0.3, -0.25) is 4.79 Å². The molecule has 0 radical (unpaired) electrons. The molecule has 6 nitrogen and oxygen atoms in total. The molecule has 1 saturated carbocycles. The molecule has 2 N–H and O–H groups in total. The summed E-state index contributed by atoms with van der Waals surface area (Å²) in [6, 6.07) is 7.18. The van der Waals surface area contributed by atoms with Crippen molar-refractivity contribution in [3.05, 3.63) is 42.1 Å². The van der Waals surface area contributed by atoms with Gasteiger partial charge in [-0.15, -0.1) is 0 Å². The molecule has 2 atom stereocenters. The van der Waals surface area contributed by atoms with E-state index in [0.29, 0.717) is 5.70 Å². The number of carbonyl (C=O) groups excluding carboxylic acids is 2. The van der Waals surface area contributed by atoms with Crippen LogP contribution in [0.5, 0.6) is 0 Å². The van der Waals surface area contributed by atoms with Gasteiger partial charge in [0.25, 0.3) is 0 Å². The molecule has 28 heavy (non-hydrogen) atoms. The minimum Gasteiger partial charge on any atom is -0.462 e. The first kappa shape index (κ1) is 20.2. The van der Waals surface area contributed by atoms with Crippen LogP contribution in [-0.4, -0.2) is 31.2 Å². The Morgan fingerprint density at radius 3 is 2.39 bits per heavy atom. The highest BCUT2D eigenvalue weighted by Crippen LogP contribution is 2.33. The first-order valence-corrected chi connectivity index (χ1v) is 10.3. The van der Waals surface area contributed by atoms with Gasteiger partial charge in [0.05, 0.1) is 6.04 Å². The van der Waals surface area contributed by atoms with E-state index in [9.17, 15) is 9.59 Å². The van der Waals surface area contributed by atoms with Crippen LogP contribution in [-0.2, 0) is 9.53 Å². The minimum atomic E-state index is -0.640. The number of anilines is 1. The maximum absolute atomic E-state index is 13.0. The number of rotatable bonds is 6. The van der Waals surface area contributed by atoms with Gasteiger partial charge in [-0.2, -0.15) is 0 Å². The zero-order valence-electron chi connectivity index (χ0n) is 16.9. The molecule has 0 bridgehead atoms. The molecular formula is C22H31N3O3. The van der Waals surface area contributed by atoms with Crippen molar-refractivity contribution in [1.29, 1.82) is 0 Å². The van der Waals surface area contributed by atoms with Crippen molar-refractivity contribution in [2.24, 2.45) is 5.92 Å². The zero-order valence-corrected chi connectivity index (χ0v) is 16.9. The molecule has 0 spiro atoms. The fourth-order valence-corrected chi connectivity index (χ4v) is 4.14. The van der Waals surface area contributed by atoms with Gasteiger partial charge >= 0.3 is 12.0 Å². The number of carbonyl (C=O) groups is 2. The standard InChI is InChI=1S/C22H31N3O3/c1-4-25(5-2)17-13-11-16(12-14-17)20-19(15(3)23-22(27)24-20)21(26)28-18-9-7-6-8-10-18/h11-14,18-20H,3-10H2,1-2H3,(H2,23,24,27). The van der Waals surface area contributed by atoms with Crippen molar-refractivity contribution < 1.29 is 14.3 Å². The molecular weight excluding hydrogens is 354 g/mol. The molecule has 2 aliphatic rings. The van der Waals surface area contributed by atoms with Crippen molar-refractivity contribution in [2.45, 2.75) is 58.1 Å². The van der Waals surface area contributed by atoms with Crippen molar-refractivity contribution in [1.82, 2.24) is 10.6 Å². The second-order valence-corrected chi connectivity index (χ2v) is 7.54. The second-order valence-electron chi connectivity index (χ2n) is 7.54. The lowest BCUT2D eigenvalue weighted by atomic mass is 9.88. The Hall–Kier alpha value is -2.50. The van der Waals surface area contributed by atoms with E-state index < -0.39 is 12.0 Å². The number of nitrogens with zero attached hydrogens (tertiary/aromatic N) is 1. The van der Waals surface area contributed by atoms with Crippen LogP contribution in [0.2, 0.25) is 0 Å². The quantitative estimate of drug-likeness (QED) is 0.729. The minimum absolute atomic E-state index is 0.0302. The van der Waals surface area contributed by atoms with Gasteiger partial charge in [-0.05, 0) is 57.2 Å². The van der Waals surface area contributed by atoms with Gasteiger partial charge < -0.3 is 20.3 Å². The summed E-state index contributed by atoms with van der Waals surface area (Å²) in [7, 11) is 0. The van der Waals surface area contributed by atoms with E-state index >= 15 is 0 Å². The van der Waals surface area contributed by atoms with Crippen LogP contribution in [0.3, 0.4) is 0 Å². The van der Waals surface area contributed by atoms with Crippen molar-refractivity contribution >= 4 is 17.7 Å². The van der Waals surface area contributed by atoms with Crippen LogP contribution in [0, 0.1) is 5.92 Å². The smallest absolute Gasteiger partial charge is 0.319 e. The summed E-state index contributed by atoms with van der Waals surface area (Å²) in [6.45, 7) is 10.0. The lowest BCUT2D eigenvalue weighted by molar-refractivity contribution is -0.155. The van der Waals surface area contributed by atoms with Crippen LogP contribution >= 0.6 is 0 Å². The van der Waals surface area contributed by atoms with E-state index in [0.717, 1.165) is 50.0 Å². The van der Waals surface area contributed by atoms with Gasteiger partial charge in [-0.1, -0.05) is 25.1 Å². The average molecular weight is 386 g/mol. The Kier molecular flexibility index (Phi) is 6.60. The van der Waals surface area contributed by atoms with Gasteiger partial charge in [0, 0.05) is 24.5 Å². The molecule has 2 fully saturated rings. The molecule has 1 aliphatic heterocycles. The van der Waals surface area contributed by atoms with E-state index in [1.165, 1.54) is 6.42 Å². The Morgan fingerprint density at radius 2 is 1.79 bits per heavy atom. The molecule has 1 saturated heterocycles. The molecule has 6 heteroatoms. The highest BCUT2D eigenvalue weighted by molar-refractivity contribution is 5.85. The monoisotopic (exact) mass is 385 g/mol. The molecule has 1 heterocycles. The van der Waals surface area contributed by atoms with Crippen LogP contribution in [0.15, 0.2) is 36.5 Å². The summed E-state index contributed by atoms with van der Waals surface area (Å²) < 4.78 is 5.79. The predicted octanol–water partition coefficient (Wildman–Crippen LogP) is 3.89. The zero-order chi connectivity index (χ0) is 20.1. The number of nitrogens with one attached hydrogen (secondary N) is 2. The topological polar surface area (TPSA) is 70.7 Å². The maximum Gasteiger partial charge on any atom is 0.319 e. The molecule has 1 aliphatic carbocycles. The number of amides is 2. The lowest BCUT2D eigenvalue weighted by Gasteiger charge is -2.35. The van der Waals surface area contributed by atoms with E-state index in [2.05, 4.69) is 36.0 Å². The summed E-state index contributed by atoms with van der Waals surface area (Å²) in [5.74, 6) is -0.957. The third kappa shape index (κ3) is 4.49. The largest absolute Gasteiger partial charge is 0.462 e. The summed E-state index contributed by atoms with van der Waals surface area (Å²) in [4.78, 5) is 27.2. The Balaban J connectivity index is 1.80. The fraction of sp³-hybridized carbons (Fsp3) is 0.545. The molecule has 1 aromatic rings. The van der Waals surface area contributed by atoms with E-state index in [1.54, 1.807) is 0 Å². The number of hydrogen-bond acceptors (Lipinski definition) is 4. The average Bonchev–Trinajstić information content (AvgIpc) is 2.69. The number of esters is 1. The number of hydrogen-bond donors (Lipinski definition) is 2. The Morgan fingerprint density at radius 1 is 1.14 bits per heavy atom. The molecule has 3 rings (SSSR count). The van der Waals surface area contributed by atoms with E-state index in [-0.39, 0.29) is 18.1 Å². The predicted molar refractivity (Wildman–Crippen MR) is 110 cm³/mol. The molecule has 1 aromatic carbocycles. The Bertz CT molecular complexity index is 706. The van der Waals surface area contributed by atoms with Crippen LogP contribution in [0.1, 0.15) is 57.6 Å². The highest BCUT2D eigenvalue weighted by atomic mass is 16.5.